The highest BCUT2D eigenvalue weighted by atomic mass is 16.5. The minimum atomic E-state index is -0.285. The third-order valence-electron chi connectivity index (χ3n) is 4.28. The van der Waals surface area contributed by atoms with Crippen LogP contribution >= 0.6 is 0 Å². The fourth-order valence-electron chi connectivity index (χ4n) is 2.82. The molecule has 0 aliphatic rings. The largest absolute Gasteiger partial charge is 0.493 e. The van der Waals surface area contributed by atoms with Crippen molar-refractivity contribution in [1.82, 2.24) is 15.1 Å². The van der Waals surface area contributed by atoms with Crippen LogP contribution in [0.2, 0.25) is 0 Å². The lowest BCUT2D eigenvalue weighted by Gasteiger charge is -2.10. The van der Waals surface area contributed by atoms with Crippen LogP contribution in [0.1, 0.15) is 16.1 Å². The molecule has 0 aliphatic heterocycles. The average molecular weight is 381 g/mol. The van der Waals surface area contributed by atoms with Crippen molar-refractivity contribution in [3.63, 3.8) is 0 Å². The van der Waals surface area contributed by atoms with Crippen molar-refractivity contribution in [3.05, 3.63) is 66.0 Å². The van der Waals surface area contributed by atoms with Crippen LogP contribution in [-0.4, -0.2) is 43.6 Å². The predicted octanol–water partition coefficient (Wildman–Crippen LogP) is 2.87. The fraction of sp³-hybridized carbons (Fsp3) is 0.238. The molecule has 0 spiro atoms. The molecule has 7 heteroatoms. The van der Waals surface area contributed by atoms with E-state index in [1.54, 1.807) is 25.1 Å². The van der Waals surface area contributed by atoms with E-state index in [1.165, 1.54) is 7.11 Å². The molecule has 1 N–H and O–H groups in total. The normalized spacial score (nSPS) is 10.4. The lowest BCUT2D eigenvalue weighted by Crippen LogP contribution is -2.26. The highest BCUT2D eigenvalue weighted by Crippen LogP contribution is 2.27. The molecule has 1 amide bonds. The Morgan fingerprint density at radius 1 is 0.964 bits per heavy atom. The maximum atomic E-state index is 12.6. The number of para-hydroxylation sites is 1. The Hall–Kier alpha value is -3.48. The van der Waals surface area contributed by atoms with Gasteiger partial charge in [0.2, 0.25) is 0 Å². The summed E-state index contributed by atoms with van der Waals surface area (Å²) in [5, 5.41) is 7.26. The first kappa shape index (κ1) is 19.3. The first-order valence-electron chi connectivity index (χ1n) is 8.84. The number of carbonyl (C=O) groups excluding carboxylic acids is 1. The molecular weight excluding hydrogens is 358 g/mol. The van der Waals surface area contributed by atoms with Crippen molar-refractivity contribution in [3.8, 4) is 22.9 Å². The van der Waals surface area contributed by atoms with Gasteiger partial charge in [-0.1, -0.05) is 24.3 Å². The summed E-state index contributed by atoms with van der Waals surface area (Å²) < 4.78 is 17.5. The lowest BCUT2D eigenvalue weighted by atomic mass is 10.1. The number of ether oxygens (including phenoxy) is 3. The summed E-state index contributed by atoms with van der Waals surface area (Å²) in [6.45, 7) is 0.454. The van der Waals surface area contributed by atoms with E-state index in [1.807, 2.05) is 48.5 Å². The summed E-state index contributed by atoms with van der Waals surface area (Å²) in [6.07, 6.45) is 2.34. The molecule has 0 fully saturated rings. The lowest BCUT2D eigenvalue weighted by molar-refractivity contribution is 0.0946. The zero-order valence-corrected chi connectivity index (χ0v) is 16.1. The van der Waals surface area contributed by atoms with E-state index in [4.69, 9.17) is 14.2 Å². The van der Waals surface area contributed by atoms with Gasteiger partial charge in [-0.3, -0.25) is 4.79 Å². The van der Waals surface area contributed by atoms with Gasteiger partial charge in [0.25, 0.3) is 5.91 Å². The van der Waals surface area contributed by atoms with Crippen LogP contribution < -0.4 is 19.5 Å². The van der Waals surface area contributed by atoms with E-state index < -0.39 is 0 Å². The second-order valence-corrected chi connectivity index (χ2v) is 6.02. The molecule has 2 aromatic carbocycles. The summed E-state index contributed by atoms with van der Waals surface area (Å²) in [7, 11) is 4.71. The van der Waals surface area contributed by atoms with Gasteiger partial charge in [-0.2, -0.15) is 5.10 Å². The van der Waals surface area contributed by atoms with Gasteiger partial charge in [-0.15, -0.1) is 0 Å². The summed E-state index contributed by atoms with van der Waals surface area (Å²) in [4.78, 5) is 12.6. The number of hydrogen-bond acceptors (Lipinski definition) is 5. The number of benzene rings is 2. The number of methoxy groups -OCH3 is 3. The van der Waals surface area contributed by atoms with Crippen LogP contribution in [0, 0.1) is 0 Å². The third kappa shape index (κ3) is 4.25. The molecule has 0 bridgehead atoms. The molecule has 0 saturated heterocycles. The Labute approximate surface area is 163 Å². The van der Waals surface area contributed by atoms with E-state index in [9.17, 15) is 4.79 Å². The highest BCUT2D eigenvalue weighted by molar-refractivity contribution is 5.94. The Balaban J connectivity index is 1.66. The van der Waals surface area contributed by atoms with E-state index in [0.29, 0.717) is 30.2 Å². The zero-order chi connectivity index (χ0) is 19.9. The van der Waals surface area contributed by atoms with E-state index in [2.05, 4.69) is 10.4 Å². The minimum absolute atomic E-state index is 0.249. The van der Waals surface area contributed by atoms with Crippen LogP contribution in [-0.2, 0) is 6.42 Å². The average Bonchev–Trinajstić information content (AvgIpc) is 3.19. The first-order valence-corrected chi connectivity index (χ1v) is 8.84. The topological polar surface area (TPSA) is 74.6 Å². The molecule has 1 heterocycles. The van der Waals surface area contributed by atoms with Crippen LogP contribution in [0.15, 0.2) is 54.7 Å². The van der Waals surface area contributed by atoms with Gasteiger partial charge in [-0.25, -0.2) is 4.68 Å². The molecule has 1 aromatic heterocycles. The number of carbonyl (C=O) groups is 1. The number of rotatable bonds is 8. The molecule has 146 valence electrons. The molecule has 3 aromatic rings. The first-order chi connectivity index (χ1) is 13.7. The van der Waals surface area contributed by atoms with Gasteiger partial charge in [0.05, 0.1) is 33.2 Å². The number of amides is 1. The predicted molar refractivity (Wildman–Crippen MR) is 106 cm³/mol. The number of aromatic nitrogens is 2. The summed E-state index contributed by atoms with van der Waals surface area (Å²) in [6, 6.07) is 15.2. The van der Waals surface area contributed by atoms with Crippen LogP contribution in [0.4, 0.5) is 0 Å². The zero-order valence-electron chi connectivity index (χ0n) is 16.1. The molecule has 3 rings (SSSR count). The van der Waals surface area contributed by atoms with Gasteiger partial charge in [0.1, 0.15) is 0 Å². The molecule has 0 atom stereocenters. The van der Waals surface area contributed by atoms with Gasteiger partial charge < -0.3 is 19.5 Å². The van der Waals surface area contributed by atoms with Gasteiger partial charge in [0, 0.05) is 6.54 Å². The highest BCUT2D eigenvalue weighted by Gasteiger charge is 2.18. The Morgan fingerprint density at radius 2 is 1.68 bits per heavy atom. The van der Waals surface area contributed by atoms with E-state index >= 15 is 0 Å². The Bertz CT molecular complexity index is 938. The Kier molecular flexibility index (Phi) is 6.16. The molecule has 0 saturated carbocycles. The summed E-state index contributed by atoms with van der Waals surface area (Å²) in [5.41, 5.74) is 2.13. The standard InChI is InChI=1S/C21H23N3O4/c1-26-17-10-9-15(13-18(17)27-2)11-12-22-21(25)20-19(28-3)14-24(23-20)16-7-5-4-6-8-16/h4-10,13-14H,11-12H2,1-3H3,(H,22,25). The maximum Gasteiger partial charge on any atom is 0.275 e. The van der Waals surface area contributed by atoms with Crippen molar-refractivity contribution >= 4 is 5.91 Å². The minimum Gasteiger partial charge on any atom is -0.493 e. The van der Waals surface area contributed by atoms with E-state index in [0.717, 1.165) is 11.3 Å². The maximum absolute atomic E-state index is 12.6. The van der Waals surface area contributed by atoms with Crippen molar-refractivity contribution in [2.24, 2.45) is 0 Å². The van der Waals surface area contributed by atoms with Crippen LogP contribution in [0.3, 0.4) is 0 Å². The molecule has 0 unspecified atom stereocenters. The van der Waals surface area contributed by atoms with Gasteiger partial charge in [-0.05, 0) is 36.2 Å². The number of hydrogen-bond donors (Lipinski definition) is 1. The molecule has 0 radical (unpaired) electrons. The van der Waals surface area contributed by atoms with Crippen molar-refractivity contribution < 1.29 is 19.0 Å². The van der Waals surface area contributed by atoms with E-state index in [-0.39, 0.29) is 11.6 Å². The number of nitrogens with one attached hydrogen (secondary N) is 1. The fourth-order valence-corrected chi connectivity index (χ4v) is 2.82. The van der Waals surface area contributed by atoms with Crippen molar-refractivity contribution in [2.45, 2.75) is 6.42 Å². The van der Waals surface area contributed by atoms with Crippen LogP contribution in [0.5, 0.6) is 17.2 Å². The van der Waals surface area contributed by atoms with Crippen molar-refractivity contribution in [1.29, 1.82) is 0 Å². The van der Waals surface area contributed by atoms with Gasteiger partial charge >= 0.3 is 0 Å². The second kappa shape index (κ2) is 8.94. The summed E-state index contributed by atoms with van der Waals surface area (Å²) >= 11 is 0. The monoisotopic (exact) mass is 381 g/mol. The SMILES string of the molecule is COc1ccc(CCNC(=O)c2nn(-c3ccccc3)cc2OC)cc1OC. The molecular formula is C21H23N3O4. The third-order valence-corrected chi connectivity index (χ3v) is 4.28. The smallest absolute Gasteiger partial charge is 0.275 e. The molecule has 28 heavy (non-hydrogen) atoms. The van der Waals surface area contributed by atoms with Gasteiger partial charge in [0.15, 0.2) is 22.9 Å². The van der Waals surface area contributed by atoms with Crippen molar-refractivity contribution in [2.75, 3.05) is 27.9 Å². The molecule has 0 aliphatic carbocycles. The second-order valence-electron chi connectivity index (χ2n) is 6.02. The quantitative estimate of drug-likeness (QED) is 0.649. The number of nitrogens with zero attached hydrogens (tertiary/aromatic N) is 2. The van der Waals surface area contributed by atoms with Crippen LogP contribution in [0.25, 0.3) is 5.69 Å². The molecule has 7 nitrogen and oxygen atoms in total. The summed E-state index contributed by atoms with van der Waals surface area (Å²) in [5.74, 6) is 1.47. The Morgan fingerprint density at radius 3 is 2.36 bits per heavy atom.